The second-order valence-electron chi connectivity index (χ2n) is 5.20. The van der Waals surface area contributed by atoms with E-state index in [1.54, 1.807) is 34.9 Å². The Bertz CT molecular complexity index is 902. The highest BCUT2D eigenvalue weighted by molar-refractivity contribution is 6.32. The Hall–Kier alpha value is -2.04. The van der Waals surface area contributed by atoms with Gasteiger partial charge in [0.05, 0.1) is 10.7 Å². The first kappa shape index (κ1) is 15.8. The zero-order valence-corrected chi connectivity index (χ0v) is 14.2. The highest BCUT2D eigenvalue weighted by atomic mass is 35.5. The Labute approximate surface area is 144 Å². The molecule has 3 aromatic rings. The summed E-state index contributed by atoms with van der Waals surface area (Å²) in [5, 5.41) is 4.07. The molecule has 2 heterocycles. The van der Waals surface area contributed by atoms with Crippen molar-refractivity contribution >= 4 is 40.4 Å². The van der Waals surface area contributed by atoms with Crippen molar-refractivity contribution in [1.82, 2.24) is 9.38 Å². The molecule has 0 aliphatic rings. The van der Waals surface area contributed by atoms with E-state index in [0.29, 0.717) is 33.5 Å². The van der Waals surface area contributed by atoms with Crippen molar-refractivity contribution in [1.29, 1.82) is 0 Å². The van der Waals surface area contributed by atoms with Gasteiger partial charge in [-0.3, -0.25) is 9.20 Å². The summed E-state index contributed by atoms with van der Waals surface area (Å²) in [6, 6.07) is 8.96. The summed E-state index contributed by atoms with van der Waals surface area (Å²) in [5.41, 5.74) is 3.42. The fourth-order valence-corrected chi connectivity index (χ4v) is 2.81. The first-order chi connectivity index (χ1) is 11.0. The molecule has 1 N–H and O–H groups in total. The molecule has 1 amide bonds. The van der Waals surface area contributed by atoms with Gasteiger partial charge in [0.1, 0.15) is 11.3 Å². The van der Waals surface area contributed by atoms with Gasteiger partial charge in [0.2, 0.25) is 0 Å². The van der Waals surface area contributed by atoms with Crippen molar-refractivity contribution in [2.45, 2.75) is 20.3 Å². The largest absolute Gasteiger partial charge is 0.320 e. The molecule has 23 heavy (non-hydrogen) atoms. The van der Waals surface area contributed by atoms with Crippen LogP contribution in [0.15, 0.2) is 36.5 Å². The third kappa shape index (κ3) is 2.92. The van der Waals surface area contributed by atoms with Gasteiger partial charge in [-0.05, 0) is 43.2 Å². The van der Waals surface area contributed by atoms with Crippen LogP contribution in [0, 0.1) is 6.92 Å². The molecule has 0 aliphatic carbocycles. The minimum Gasteiger partial charge on any atom is -0.320 e. The number of pyridine rings is 1. The molecular formula is C17H15Cl2N3O. The maximum absolute atomic E-state index is 12.8. The molecule has 0 unspecified atom stereocenters. The number of hydrogen-bond donors (Lipinski definition) is 1. The van der Waals surface area contributed by atoms with Crippen LogP contribution in [0.1, 0.15) is 28.7 Å². The number of aryl methyl sites for hydroxylation is 1. The Kier molecular flexibility index (Phi) is 4.28. The molecule has 0 fully saturated rings. The van der Waals surface area contributed by atoms with Crippen LogP contribution >= 0.6 is 23.2 Å². The highest BCUT2D eigenvalue weighted by Gasteiger charge is 2.19. The van der Waals surface area contributed by atoms with Gasteiger partial charge in [-0.25, -0.2) is 4.98 Å². The number of amides is 1. The number of imidazole rings is 1. The van der Waals surface area contributed by atoms with Gasteiger partial charge in [0.15, 0.2) is 0 Å². The van der Waals surface area contributed by atoms with E-state index in [4.69, 9.17) is 23.2 Å². The summed E-state index contributed by atoms with van der Waals surface area (Å²) < 4.78 is 1.72. The lowest BCUT2D eigenvalue weighted by Gasteiger charge is -2.10. The molecule has 1 aromatic carbocycles. The number of nitrogens with zero attached hydrogens (tertiary/aromatic N) is 2. The van der Waals surface area contributed by atoms with Gasteiger partial charge >= 0.3 is 0 Å². The predicted octanol–water partition coefficient (Wildman–Crippen LogP) is 4.76. The minimum absolute atomic E-state index is 0.234. The van der Waals surface area contributed by atoms with Crippen molar-refractivity contribution < 1.29 is 4.79 Å². The van der Waals surface area contributed by atoms with Crippen molar-refractivity contribution in [2.75, 3.05) is 5.32 Å². The number of benzene rings is 1. The lowest BCUT2D eigenvalue weighted by molar-refractivity contribution is 0.102. The predicted molar refractivity (Wildman–Crippen MR) is 93.7 cm³/mol. The smallest absolute Gasteiger partial charge is 0.274 e. The van der Waals surface area contributed by atoms with Crippen LogP contribution in [-0.4, -0.2) is 15.3 Å². The van der Waals surface area contributed by atoms with Crippen molar-refractivity contribution in [2.24, 2.45) is 0 Å². The van der Waals surface area contributed by atoms with Crippen molar-refractivity contribution in [3.05, 3.63) is 63.5 Å². The Morgan fingerprint density at radius 1 is 1.26 bits per heavy atom. The van der Waals surface area contributed by atoms with Crippen molar-refractivity contribution in [3.8, 4) is 0 Å². The zero-order valence-electron chi connectivity index (χ0n) is 12.7. The molecule has 0 saturated carbocycles. The number of halogens is 2. The summed E-state index contributed by atoms with van der Waals surface area (Å²) in [6.07, 6.45) is 2.35. The van der Waals surface area contributed by atoms with Crippen LogP contribution in [0.25, 0.3) is 5.65 Å². The summed E-state index contributed by atoms with van der Waals surface area (Å²) in [6.45, 7) is 3.83. The van der Waals surface area contributed by atoms with Gasteiger partial charge in [0.25, 0.3) is 5.91 Å². The van der Waals surface area contributed by atoms with E-state index >= 15 is 0 Å². The average molecular weight is 348 g/mol. The quantitative estimate of drug-likeness (QED) is 0.741. The Morgan fingerprint density at radius 3 is 2.78 bits per heavy atom. The Morgan fingerprint density at radius 2 is 2.04 bits per heavy atom. The molecule has 0 aliphatic heterocycles. The molecule has 3 rings (SSSR count). The molecule has 0 saturated heterocycles. The molecular weight excluding hydrogens is 333 g/mol. The summed E-state index contributed by atoms with van der Waals surface area (Å²) >= 11 is 12.2. The maximum Gasteiger partial charge on any atom is 0.274 e. The fraction of sp³-hybridized carbons (Fsp3) is 0.176. The number of carbonyl (C=O) groups excluding carboxylic acids is 1. The van der Waals surface area contributed by atoms with E-state index in [2.05, 4.69) is 10.3 Å². The molecule has 6 heteroatoms. The SMILES string of the molecule is CCc1nc2ccc(Cl)cn2c1C(=O)Nc1cccc(Cl)c1C. The molecule has 0 atom stereocenters. The van der Waals surface area contributed by atoms with Gasteiger partial charge in [0, 0.05) is 16.9 Å². The number of nitrogens with one attached hydrogen (secondary N) is 1. The third-order valence-electron chi connectivity index (χ3n) is 3.72. The van der Waals surface area contributed by atoms with E-state index in [1.807, 2.05) is 19.9 Å². The number of aromatic nitrogens is 2. The lowest BCUT2D eigenvalue weighted by atomic mass is 10.2. The monoisotopic (exact) mass is 347 g/mol. The molecule has 0 spiro atoms. The third-order valence-corrected chi connectivity index (χ3v) is 4.35. The molecule has 0 bridgehead atoms. The molecule has 2 aromatic heterocycles. The number of rotatable bonds is 3. The van der Waals surface area contributed by atoms with Crippen LogP contribution in [0.2, 0.25) is 10.0 Å². The van der Waals surface area contributed by atoms with Crippen LogP contribution in [0.5, 0.6) is 0 Å². The first-order valence-corrected chi connectivity index (χ1v) is 7.99. The van der Waals surface area contributed by atoms with Crippen LogP contribution in [0.4, 0.5) is 5.69 Å². The molecule has 4 nitrogen and oxygen atoms in total. The minimum atomic E-state index is -0.234. The number of carbonyl (C=O) groups is 1. The van der Waals surface area contributed by atoms with Gasteiger partial charge in [-0.1, -0.05) is 36.2 Å². The van der Waals surface area contributed by atoms with Gasteiger partial charge in [-0.2, -0.15) is 0 Å². The van der Waals surface area contributed by atoms with Crippen LogP contribution < -0.4 is 5.32 Å². The second kappa shape index (κ2) is 6.22. The normalized spacial score (nSPS) is 11.0. The topological polar surface area (TPSA) is 46.4 Å². The number of fused-ring (bicyclic) bond motifs is 1. The summed E-state index contributed by atoms with van der Waals surface area (Å²) in [4.78, 5) is 17.3. The Balaban J connectivity index is 2.06. The average Bonchev–Trinajstić information content (AvgIpc) is 2.89. The fourth-order valence-electron chi connectivity index (χ4n) is 2.48. The lowest BCUT2D eigenvalue weighted by Crippen LogP contribution is -2.17. The van der Waals surface area contributed by atoms with Crippen LogP contribution in [-0.2, 0) is 6.42 Å². The number of anilines is 1. The maximum atomic E-state index is 12.8. The van der Waals surface area contributed by atoms with Crippen LogP contribution in [0.3, 0.4) is 0 Å². The van der Waals surface area contributed by atoms with Gasteiger partial charge in [-0.15, -0.1) is 0 Å². The highest BCUT2D eigenvalue weighted by Crippen LogP contribution is 2.24. The molecule has 0 radical (unpaired) electrons. The molecule has 118 valence electrons. The first-order valence-electron chi connectivity index (χ1n) is 7.24. The van der Waals surface area contributed by atoms with E-state index in [1.165, 1.54) is 0 Å². The standard InChI is InChI=1S/C17H15Cl2N3O/c1-3-13-16(22-9-11(18)7-8-15(22)20-13)17(23)21-14-6-4-5-12(19)10(14)2/h4-9H,3H2,1-2H3,(H,21,23). The van der Waals surface area contributed by atoms with Crippen molar-refractivity contribution in [3.63, 3.8) is 0 Å². The summed E-state index contributed by atoms with van der Waals surface area (Å²) in [7, 11) is 0. The van der Waals surface area contributed by atoms with Gasteiger partial charge < -0.3 is 5.32 Å². The van der Waals surface area contributed by atoms with E-state index in [-0.39, 0.29) is 5.91 Å². The second-order valence-corrected chi connectivity index (χ2v) is 6.05. The zero-order chi connectivity index (χ0) is 16.6. The summed E-state index contributed by atoms with van der Waals surface area (Å²) in [5.74, 6) is -0.234. The van der Waals surface area contributed by atoms with E-state index in [0.717, 1.165) is 11.3 Å². The van der Waals surface area contributed by atoms with E-state index in [9.17, 15) is 4.79 Å². The van der Waals surface area contributed by atoms with E-state index < -0.39 is 0 Å². The number of hydrogen-bond acceptors (Lipinski definition) is 2.